The number of ketones is 1. The maximum atomic E-state index is 13.2. The molecule has 1 aromatic heterocycles. The first-order chi connectivity index (χ1) is 15.0. The molecule has 0 spiro atoms. The maximum absolute atomic E-state index is 13.2. The second kappa shape index (κ2) is 10.8. The minimum atomic E-state index is -0.257. The molecule has 5 nitrogen and oxygen atoms in total. The van der Waals surface area contributed by atoms with Gasteiger partial charge in [0, 0.05) is 18.3 Å². The van der Waals surface area contributed by atoms with E-state index in [-0.39, 0.29) is 18.5 Å². The highest BCUT2D eigenvalue weighted by atomic mass is 17.1. The number of rotatable bonds is 10. The van der Waals surface area contributed by atoms with Crippen molar-refractivity contribution in [2.75, 3.05) is 6.61 Å². The SMILES string of the molecule is CCc1ccn(C/C=C/c2cccc(O[C@@H](C)COO)c2)c1C(=O)c1ccc(C)cc1. The summed E-state index contributed by atoms with van der Waals surface area (Å²) in [6.45, 7) is 6.59. The molecule has 0 radical (unpaired) electrons. The third-order valence-electron chi connectivity index (χ3n) is 5.07. The van der Waals surface area contributed by atoms with Gasteiger partial charge in [0.15, 0.2) is 0 Å². The normalized spacial score (nSPS) is 12.3. The van der Waals surface area contributed by atoms with Crippen LogP contribution >= 0.6 is 0 Å². The summed E-state index contributed by atoms with van der Waals surface area (Å²) >= 11 is 0. The molecule has 0 saturated heterocycles. The Morgan fingerprint density at radius 3 is 2.65 bits per heavy atom. The van der Waals surface area contributed by atoms with Crippen LogP contribution in [-0.4, -0.2) is 28.3 Å². The minimum Gasteiger partial charge on any atom is -0.488 e. The van der Waals surface area contributed by atoms with Crippen LogP contribution in [0.25, 0.3) is 6.08 Å². The van der Waals surface area contributed by atoms with Crippen LogP contribution in [0.15, 0.2) is 66.9 Å². The van der Waals surface area contributed by atoms with Gasteiger partial charge in [-0.25, -0.2) is 4.89 Å². The second-order valence-corrected chi connectivity index (χ2v) is 7.59. The van der Waals surface area contributed by atoms with Crippen molar-refractivity contribution in [3.05, 3.63) is 94.8 Å². The van der Waals surface area contributed by atoms with Crippen molar-refractivity contribution in [3.63, 3.8) is 0 Å². The fraction of sp³-hybridized carbons (Fsp3) is 0.269. The van der Waals surface area contributed by atoms with Crippen molar-refractivity contribution in [1.82, 2.24) is 4.57 Å². The molecular weight excluding hydrogens is 390 g/mol. The van der Waals surface area contributed by atoms with Crippen molar-refractivity contribution in [3.8, 4) is 5.75 Å². The Kier molecular flexibility index (Phi) is 7.82. The number of benzene rings is 2. The highest BCUT2D eigenvalue weighted by molar-refractivity contribution is 6.09. The topological polar surface area (TPSA) is 60.7 Å². The van der Waals surface area contributed by atoms with Crippen LogP contribution in [-0.2, 0) is 17.9 Å². The number of nitrogens with zero attached hydrogens (tertiary/aromatic N) is 1. The lowest BCUT2D eigenvalue weighted by molar-refractivity contribution is -0.253. The van der Waals surface area contributed by atoms with Gasteiger partial charge < -0.3 is 9.30 Å². The van der Waals surface area contributed by atoms with Crippen LogP contribution in [0.5, 0.6) is 5.75 Å². The lowest BCUT2D eigenvalue weighted by atomic mass is 10.0. The summed E-state index contributed by atoms with van der Waals surface area (Å²) in [4.78, 5) is 17.3. The van der Waals surface area contributed by atoms with E-state index in [4.69, 9.17) is 9.99 Å². The van der Waals surface area contributed by atoms with Crippen LogP contribution in [0.2, 0.25) is 0 Å². The molecule has 3 rings (SSSR count). The Bertz CT molecular complexity index is 1030. The van der Waals surface area contributed by atoms with Crippen molar-refractivity contribution in [2.24, 2.45) is 0 Å². The molecule has 0 saturated carbocycles. The van der Waals surface area contributed by atoms with E-state index in [1.54, 1.807) is 0 Å². The molecule has 5 heteroatoms. The quantitative estimate of drug-likeness (QED) is 0.265. The number of hydrogen-bond donors (Lipinski definition) is 1. The zero-order valence-corrected chi connectivity index (χ0v) is 18.2. The molecule has 2 aromatic carbocycles. The Morgan fingerprint density at radius 2 is 1.94 bits per heavy atom. The molecule has 0 unspecified atom stereocenters. The van der Waals surface area contributed by atoms with E-state index >= 15 is 0 Å². The average Bonchev–Trinajstić information content (AvgIpc) is 3.17. The zero-order valence-electron chi connectivity index (χ0n) is 18.2. The van der Waals surface area contributed by atoms with Crippen LogP contribution in [0.1, 0.15) is 46.6 Å². The van der Waals surface area contributed by atoms with Crippen LogP contribution < -0.4 is 4.74 Å². The largest absolute Gasteiger partial charge is 0.488 e. The number of ether oxygens (including phenoxy) is 1. The third kappa shape index (κ3) is 5.94. The molecule has 31 heavy (non-hydrogen) atoms. The molecule has 1 atom stereocenters. The molecule has 0 bridgehead atoms. The zero-order chi connectivity index (χ0) is 22.2. The van der Waals surface area contributed by atoms with E-state index in [1.807, 2.05) is 91.4 Å². The van der Waals surface area contributed by atoms with Gasteiger partial charge in [0.2, 0.25) is 5.78 Å². The van der Waals surface area contributed by atoms with Gasteiger partial charge in [-0.05, 0) is 49.6 Å². The summed E-state index contributed by atoms with van der Waals surface area (Å²) < 4.78 is 7.72. The van der Waals surface area contributed by atoms with Crippen LogP contribution in [0.4, 0.5) is 0 Å². The van der Waals surface area contributed by atoms with Crippen molar-refractivity contribution in [2.45, 2.75) is 39.8 Å². The molecule has 1 heterocycles. The summed E-state index contributed by atoms with van der Waals surface area (Å²) in [7, 11) is 0. The summed E-state index contributed by atoms with van der Waals surface area (Å²) in [5.74, 6) is 0.752. The van der Waals surface area contributed by atoms with E-state index in [9.17, 15) is 4.79 Å². The van der Waals surface area contributed by atoms with Gasteiger partial charge in [-0.3, -0.25) is 10.1 Å². The fourth-order valence-electron chi connectivity index (χ4n) is 3.44. The summed E-state index contributed by atoms with van der Waals surface area (Å²) in [6, 6.07) is 17.4. The Morgan fingerprint density at radius 1 is 1.16 bits per heavy atom. The standard InChI is InChI=1S/C26H29NO4/c1-4-22-14-16-27(25(22)26(28)23-12-10-19(2)11-13-23)15-6-8-21-7-5-9-24(17-21)31-20(3)18-30-29/h5-14,16-17,20,29H,4,15,18H2,1-3H3/b8-6+/t20-/m0/s1. The number of hydrogen-bond acceptors (Lipinski definition) is 4. The van der Waals surface area contributed by atoms with Gasteiger partial charge in [-0.1, -0.05) is 61.0 Å². The maximum Gasteiger partial charge on any atom is 0.209 e. The van der Waals surface area contributed by atoms with E-state index in [1.165, 1.54) is 0 Å². The lowest BCUT2D eigenvalue weighted by Gasteiger charge is -2.13. The van der Waals surface area contributed by atoms with Gasteiger partial charge in [0.1, 0.15) is 18.5 Å². The Hall–Kier alpha value is -3.15. The van der Waals surface area contributed by atoms with Gasteiger partial charge in [-0.2, -0.15) is 0 Å². The molecular formula is C26H29NO4. The number of carbonyl (C=O) groups is 1. The highest BCUT2D eigenvalue weighted by Crippen LogP contribution is 2.19. The van der Waals surface area contributed by atoms with E-state index in [2.05, 4.69) is 11.8 Å². The summed E-state index contributed by atoms with van der Waals surface area (Å²) in [5.41, 5.74) is 4.62. The van der Waals surface area contributed by atoms with Gasteiger partial charge >= 0.3 is 0 Å². The first kappa shape index (κ1) is 22.5. The first-order valence-electron chi connectivity index (χ1n) is 10.5. The molecule has 0 aliphatic rings. The van der Waals surface area contributed by atoms with E-state index < -0.39 is 0 Å². The average molecular weight is 420 g/mol. The molecule has 162 valence electrons. The molecule has 3 aromatic rings. The predicted molar refractivity (Wildman–Crippen MR) is 123 cm³/mol. The number of aryl methyl sites for hydroxylation is 2. The van der Waals surface area contributed by atoms with Crippen LogP contribution in [0.3, 0.4) is 0 Å². The second-order valence-electron chi connectivity index (χ2n) is 7.59. The van der Waals surface area contributed by atoms with E-state index in [0.29, 0.717) is 17.9 Å². The Labute approximate surface area is 183 Å². The number of carbonyl (C=O) groups excluding carboxylic acids is 1. The minimum absolute atomic E-state index is 0.0470. The predicted octanol–water partition coefficient (Wildman–Crippen LogP) is 5.56. The van der Waals surface area contributed by atoms with Gasteiger partial charge in [0.25, 0.3) is 0 Å². The monoisotopic (exact) mass is 419 g/mol. The molecule has 0 fully saturated rings. The smallest absolute Gasteiger partial charge is 0.209 e. The molecule has 0 amide bonds. The van der Waals surface area contributed by atoms with Crippen molar-refractivity contribution < 1.29 is 19.7 Å². The molecule has 0 aliphatic heterocycles. The van der Waals surface area contributed by atoms with Crippen molar-refractivity contribution in [1.29, 1.82) is 0 Å². The lowest BCUT2D eigenvalue weighted by Crippen LogP contribution is -2.18. The number of allylic oxidation sites excluding steroid dienone is 1. The first-order valence-corrected chi connectivity index (χ1v) is 10.5. The Balaban J connectivity index is 1.75. The number of aromatic nitrogens is 1. The third-order valence-corrected chi connectivity index (χ3v) is 5.07. The summed E-state index contributed by atoms with van der Waals surface area (Å²) in [6.07, 6.45) is 6.56. The van der Waals surface area contributed by atoms with Gasteiger partial charge in [0.05, 0.1) is 5.69 Å². The molecule has 0 aliphatic carbocycles. The molecule has 1 N–H and O–H groups in total. The van der Waals surface area contributed by atoms with Crippen molar-refractivity contribution >= 4 is 11.9 Å². The van der Waals surface area contributed by atoms with Crippen LogP contribution in [0, 0.1) is 6.92 Å². The highest BCUT2D eigenvalue weighted by Gasteiger charge is 2.17. The summed E-state index contributed by atoms with van der Waals surface area (Å²) in [5, 5.41) is 8.54. The van der Waals surface area contributed by atoms with Gasteiger partial charge in [-0.15, -0.1) is 0 Å². The fourth-order valence-corrected chi connectivity index (χ4v) is 3.44. The van der Waals surface area contributed by atoms with E-state index in [0.717, 1.165) is 28.8 Å².